The third kappa shape index (κ3) is 2.94. The molecule has 0 bridgehead atoms. The molecule has 94 valence electrons. The van der Waals surface area contributed by atoms with Crippen LogP contribution in [0.4, 0.5) is 0 Å². The van der Waals surface area contributed by atoms with Crippen LogP contribution in [-0.4, -0.2) is 7.11 Å². The standard InChI is InChI=1S/C14H14ClNO2/c1-17-12-3-2-4-13(8-12)18-14-7-11(15)6-5-10(14)9-16/h2-8H,9,16H2,1H3. The van der Waals surface area contributed by atoms with E-state index in [2.05, 4.69) is 0 Å². The normalized spacial score (nSPS) is 10.2. The summed E-state index contributed by atoms with van der Waals surface area (Å²) >= 11 is 5.95. The summed E-state index contributed by atoms with van der Waals surface area (Å²) in [6.07, 6.45) is 0. The van der Waals surface area contributed by atoms with Gasteiger partial charge in [-0.15, -0.1) is 0 Å². The van der Waals surface area contributed by atoms with Crippen LogP contribution >= 0.6 is 11.6 Å². The molecule has 2 rings (SSSR count). The van der Waals surface area contributed by atoms with E-state index in [0.717, 1.165) is 11.3 Å². The third-order valence-electron chi connectivity index (χ3n) is 2.52. The van der Waals surface area contributed by atoms with Crippen LogP contribution in [0.15, 0.2) is 42.5 Å². The molecule has 0 amide bonds. The van der Waals surface area contributed by atoms with Crippen molar-refractivity contribution in [2.24, 2.45) is 5.73 Å². The second kappa shape index (κ2) is 5.76. The molecule has 2 aromatic carbocycles. The molecule has 0 unspecified atom stereocenters. The zero-order valence-electron chi connectivity index (χ0n) is 10.0. The SMILES string of the molecule is COc1cccc(Oc2cc(Cl)ccc2CN)c1. The minimum atomic E-state index is 0.399. The zero-order chi connectivity index (χ0) is 13.0. The minimum absolute atomic E-state index is 0.399. The fourth-order valence-corrected chi connectivity index (χ4v) is 1.75. The highest BCUT2D eigenvalue weighted by molar-refractivity contribution is 6.30. The van der Waals surface area contributed by atoms with Crippen LogP contribution in [0.5, 0.6) is 17.2 Å². The van der Waals surface area contributed by atoms with Gasteiger partial charge in [0, 0.05) is 23.2 Å². The molecule has 18 heavy (non-hydrogen) atoms. The molecule has 0 aliphatic rings. The summed E-state index contributed by atoms with van der Waals surface area (Å²) in [5.41, 5.74) is 6.57. The highest BCUT2D eigenvalue weighted by Gasteiger charge is 2.05. The highest BCUT2D eigenvalue weighted by Crippen LogP contribution is 2.29. The van der Waals surface area contributed by atoms with Gasteiger partial charge in [0.1, 0.15) is 17.2 Å². The van der Waals surface area contributed by atoms with Crippen molar-refractivity contribution in [1.29, 1.82) is 0 Å². The van der Waals surface area contributed by atoms with E-state index in [9.17, 15) is 0 Å². The first-order valence-electron chi connectivity index (χ1n) is 5.53. The molecule has 0 radical (unpaired) electrons. The van der Waals surface area contributed by atoms with Gasteiger partial charge in [-0.05, 0) is 24.3 Å². The maximum atomic E-state index is 5.95. The quantitative estimate of drug-likeness (QED) is 0.917. The molecule has 0 fully saturated rings. The van der Waals surface area contributed by atoms with E-state index in [1.807, 2.05) is 24.3 Å². The van der Waals surface area contributed by atoms with Crippen LogP contribution in [-0.2, 0) is 6.54 Å². The average Bonchev–Trinajstić information content (AvgIpc) is 2.39. The molecule has 0 aromatic heterocycles. The van der Waals surface area contributed by atoms with Gasteiger partial charge in [-0.1, -0.05) is 23.7 Å². The number of rotatable bonds is 4. The van der Waals surface area contributed by atoms with E-state index in [4.69, 9.17) is 26.8 Å². The van der Waals surface area contributed by atoms with Crippen LogP contribution in [0.2, 0.25) is 5.02 Å². The Kier molecular flexibility index (Phi) is 4.07. The van der Waals surface area contributed by atoms with Crippen molar-refractivity contribution in [1.82, 2.24) is 0 Å². The first kappa shape index (κ1) is 12.7. The summed E-state index contributed by atoms with van der Waals surface area (Å²) in [7, 11) is 1.61. The predicted octanol–water partition coefficient (Wildman–Crippen LogP) is 3.60. The van der Waals surface area contributed by atoms with Gasteiger partial charge in [0.2, 0.25) is 0 Å². The minimum Gasteiger partial charge on any atom is -0.497 e. The van der Waals surface area contributed by atoms with Crippen molar-refractivity contribution in [2.45, 2.75) is 6.54 Å². The third-order valence-corrected chi connectivity index (χ3v) is 2.75. The zero-order valence-corrected chi connectivity index (χ0v) is 10.8. The van der Waals surface area contributed by atoms with Crippen LogP contribution in [0.25, 0.3) is 0 Å². The van der Waals surface area contributed by atoms with Gasteiger partial charge >= 0.3 is 0 Å². The molecule has 0 heterocycles. The maximum Gasteiger partial charge on any atom is 0.133 e. The van der Waals surface area contributed by atoms with E-state index in [1.165, 1.54) is 0 Å². The Balaban J connectivity index is 2.29. The molecule has 0 saturated heterocycles. The van der Waals surface area contributed by atoms with E-state index in [0.29, 0.717) is 23.1 Å². The summed E-state index contributed by atoms with van der Waals surface area (Å²) < 4.78 is 10.9. The Labute approximate surface area is 111 Å². The van der Waals surface area contributed by atoms with Crippen molar-refractivity contribution in [3.05, 3.63) is 53.1 Å². The number of nitrogens with two attached hydrogens (primary N) is 1. The van der Waals surface area contributed by atoms with E-state index >= 15 is 0 Å². The molecular formula is C14H14ClNO2. The molecule has 2 aromatic rings. The number of halogens is 1. The van der Waals surface area contributed by atoms with E-state index < -0.39 is 0 Å². The van der Waals surface area contributed by atoms with Crippen LogP contribution in [0.1, 0.15) is 5.56 Å². The lowest BCUT2D eigenvalue weighted by Gasteiger charge is -2.11. The first-order valence-corrected chi connectivity index (χ1v) is 5.91. The molecule has 3 nitrogen and oxygen atoms in total. The average molecular weight is 264 g/mol. The first-order chi connectivity index (χ1) is 8.72. The Morgan fingerprint density at radius 1 is 1.11 bits per heavy atom. The molecule has 0 aliphatic carbocycles. The fourth-order valence-electron chi connectivity index (χ4n) is 1.58. The van der Waals surface area contributed by atoms with Crippen LogP contribution in [0, 0.1) is 0 Å². The van der Waals surface area contributed by atoms with Gasteiger partial charge in [-0.2, -0.15) is 0 Å². The molecule has 0 atom stereocenters. The van der Waals surface area contributed by atoms with Gasteiger partial charge in [-0.25, -0.2) is 0 Å². The van der Waals surface area contributed by atoms with E-state index in [1.54, 1.807) is 25.3 Å². The molecule has 4 heteroatoms. The van der Waals surface area contributed by atoms with Crippen molar-refractivity contribution in [3.63, 3.8) is 0 Å². The Hall–Kier alpha value is -1.71. The highest BCUT2D eigenvalue weighted by atomic mass is 35.5. The second-order valence-corrected chi connectivity index (χ2v) is 4.17. The summed E-state index contributed by atoms with van der Waals surface area (Å²) in [5, 5.41) is 0.616. The Morgan fingerprint density at radius 3 is 2.61 bits per heavy atom. The van der Waals surface area contributed by atoms with Crippen molar-refractivity contribution in [3.8, 4) is 17.2 Å². The van der Waals surface area contributed by atoms with Crippen molar-refractivity contribution >= 4 is 11.6 Å². The summed E-state index contributed by atoms with van der Waals surface area (Å²) in [4.78, 5) is 0. The summed E-state index contributed by atoms with van der Waals surface area (Å²) in [5.74, 6) is 2.09. The predicted molar refractivity (Wildman–Crippen MR) is 72.4 cm³/mol. The number of methoxy groups -OCH3 is 1. The van der Waals surface area contributed by atoms with Gasteiger partial charge in [0.05, 0.1) is 7.11 Å². The lowest BCUT2D eigenvalue weighted by atomic mass is 10.2. The lowest BCUT2D eigenvalue weighted by Crippen LogP contribution is -1.99. The van der Waals surface area contributed by atoms with Gasteiger partial charge < -0.3 is 15.2 Å². The van der Waals surface area contributed by atoms with Gasteiger partial charge in [0.15, 0.2) is 0 Å². The monoisotopic (exact) mass is 263 g/mol. The van der Waals surface area contributed by atoms with E-state index in [-0.39, 0.29) is 0 Å². The van der Waals surface area contributed by atoms with Crippen LogP contribution in [0.3, 0.4) is 0 Å². The van der Waals surface area contributed by atoms with Gasteiger partial charge in [-0.3, -0.25) is 0 Å². The number of hydrogen-bond acceptors (Lipinski definition) is 3. The summed E-state index contributed by atoms with van der Waals surface area (Å²) in [6, 6.07) is 12.8. The van der Waals surface area contributed by atoms with Crippen molar-refractivity contribution < 1.29 is 9.47 Å². The Bertz CT molecular complexity index is 543. The smallest absolute Gasteiger partial charge is 0.133 e. The fraction of sp³-hybridized carbons (Fsp3) is 0.143. The molecule has 0 aliphatic heterocycles. The summed E-state index contributed by atoms with van der Waals surface area (Å²) in [6.45, 7) is 0.399. The topological polar surface area (TPSA) is 44.5 Å². The van der Waals surface area contributed by atoms with Crippen molar-refractivity contribution in [2.75, 3.05) is 7.11 Å². The van der Waals surface area contributed by atoms with Gasteiger partial charge in [0.25, 0.3) is 0 Å². The molecular weight excluding hydrogens is 250 g/mol. The maximum absolute atomic E-state index is 5.95. The molecule has 0 spiro atoms. The molecule has 2 N–H and O–H groups in total. The van der Waals surface area contributed by atoms with Crippen LogP contribution < -0.4 is 15.2 Å². The lowest BCUT2D eigenvalue weighted by molar-refractivity contribution is 0.408. The second-order valence-electron chi connectivity index (χ2n) is 3.74. The number of ether oxygens (including phenoxy) is 2. The largest absolute Gasteiger partial charge is 0.497 e. The number of benzene rings is 2. The Morgan fingerprint density at radius 2 is 1.89 bits per heavy atom. The number of hydrogen-bond donors (Lipinski definition) is 1. The molecule has 0 saturated carbocycles.